The van der Waals surface area contributed by atoms with E-state index in [0.717, 1.165) is 54.2 Å². The zero-order valence-corrected chi connectivity index (χ0v) is 16.6. The Balaban J connectivity index is 1.52. The zero-order chi connectivity index (χ0) is 19.5. The molecule has 2 fully saturated rings. The number of rotatable bonds is 5. The lowest BCUT2D eigenvalue weighted by molar-refractivity contribution is 0.381. The largest absolute Gasteiger partial charge is 0.369 e. The molecule has 9 heteroatoms. The molecule has 0 aromatic carbocycles. The summed E-state index contributed by atoms with van der Waals surface area (Å²) < 4.78 is 30.3. The van der Waals surface area contributed by atoms with Crippen LogP contribution in [0.15, 0.2) is 22.9 Å². The van der Waals surface area contributed by atoms with Crippen LogP contribution in [0.5, 0.6) is 0 Å². The highest BCUT2D eigenvalue weighted by Crippen LogP contribution is 2.44. The molecule has 0 bridgehead atoms. The van der Waals surface area contributed by atoms with Crippen LogP contribution in [0.25, 0.3) is 22.1 Å². The van der Waals surface area contributed by atoms with E-state index in [1.54, 1.807) is 12.4 Å². The van der Waals surface area contributed by atoms with E-state index in [1.807, 2.05) is 12.3 Å². The SMILES string of the molecule is CC[C@@H]1CC(C=NS(=O)(=O)C2CC2)C[C@@H]1n1c(N)nc2cnc3[nH]ccc3c21. The van der Waals surface area contributed by atoms with E-state index >= 15 is 0 Å². The number of imidazole rings is 1. The van der Waals surface area contributed by atoms with Crippen LogP contribution in [0.3, 0.4) is 0 Å². The minimum Gasteiger partial charge on any atom is -0.369 e. The Morgan fingerprint density at radius 3 is 2.96 bits per heavy atom. The molecule has 2 aliphatic carbocycles. The third-order valence-corrected chi connectivity index (χ3v) is 7.91. The lowest BCUT2D eigenvalue weighted by Crippen LogP contribution is -2.16. The van der Waals surface area contributed by atoms with E-state index in [0.29, 0.717) is 11.9 Å². The predicted molar refractivity (Wildman–Crippen MR) is 110 cm³/mol. The van der Waals surface area contributed by atoms with Gasteiger partial charge in [-0.3, -0.25) is 0 Å². The van der Waals surface area contributed by atoms with E-state index < -0.39 is 10.0 Å². The van der Waals surface area contributed by atoms with Gasteiger partial charge in [0.25, 0.3) is 10.0 Å². The van der Waals surface area contributed by atoms with Gasteiger partial charge in [0.05, 0.1) is 17.0 Å². The van der Waals surface area contributed by atoms with E-state index in [-0.39, 0.29) is 17.2 Å². The molecular weight excluding hydrogens is 376 g/mol. The number of hydrogen-bond donors (Lipinski definition) is 2. The van der Waals surface area contributed by atoms with Gasteiger partial charge in [0, 0.05) is 23.8 Å². The Morgan fingerprint density at radius 2 is 2.21 bits per heavy atom. The van der Waals surface area contributed by atoms with Crippen molar-refractivity contribution in [2.24, 2.45) is 16.2 Å². The molecule has 8 nitrogen and oxygen atoms in total. The molecular formula is C19H24N6O2S. The van der Waals surface area contributed by atoms with Crippen molar-refractivity contribution in [3.63, 3.8) is 0 Å². The molecule has 2 saturated carbocycles. The molecule has 3 aromatic heterocycles. The van der Waals surface area contributed by atoms with Gasteiger partial charge >= 0.3 is 0 Å². The van der Waals surface area contributed by atoms with Crippen LogP contribution >= 0.6 is 0 Å². The normalized spacial score (nSPS) is 26.1. The average molecular weight is 401 g/mol. The molecule has 0 aliphatic heterocycles. The van der Waals surface area contributed by atoms with E-state index in [9.17, 15) is 8.42 Å². The molecule has 0 amide bonds. The lowest BCUT2D eigenvalue weighted by Gasteiger charge is -2.21. The number of aromatic amines is 1. The monoisotopic (exact) mass is 400 g/mol. The summed E-state index contributed by atoms with van der Waals surface area (Å²) in [6, 6.07) is 2.16. The van der Waals surface area contributed by atoms with Crippen LogP contribution in [0.1, 0.15) is 45.1 Å². The van der Waals surface area contributed by atoms with E-state index in [4.69, 9.17) is 5.73 Å². The summed E-state index contributed by atoms with van der Waals surface area (Å²) in [7, 11) is -3.32. The zero-order valence-electron chi connectivity index (χ0n) is 15.7. The summed E-state index contributed by atoms with van der Waals surface area (Å²) in [5.74, 6) is 1.00. The fourth-order valence-electron chi connectivity index (χ4n) is 4.59. The maximum absolute atomic E-state index is 12.1. The second kappa shape index (κ2) is 6.30. The third-order valence-electron chi connectivity index (χ3n) is 6.18. The van der Waals surface area contributed by atoms with Gasteiger partial charge in [-0.05, 0) is 43.6 Å². The lowest BCUT2D eigenvalue weighted by atomic mass is 10.00. The number of aromatic nitrogens is 4. The summed E-state index contributed by atoms with van der Waals surface area (Å²) in [6.07, 6.45) is 9.47. The van der Waals surface area contributed by atoms with Crippen molar-refractivity contribution >= 4 is 44.3 Å². The number of nitrogen functional groups attached to an aromatic ring is 1. The summed E-state index contributed by atoms with van der Waals surface area (Å²) in [4.78, 5) is 12.1. The molecule has 3 aromatic rings. The number of nitrogens with two attached hydrogens (primary N) is 1. The topological polar surface area (TPSA) is 119 Å². The molecule has 28 heavy (non-hydrogen) atoms. The fourth-order valence-corrected chi connectivity index (χ4v) is 5.84. The van der Waals surface area contributed by atoms with Crippen molar-refractivity contribution < 1.29 is 8.42 Å². The molecule has 148 valence electrons. The fraction of sp³-hybridized carbons (Fsp3) is 0.526. The maximum Gasteiger partial charge on any atom is 0.255 e. The summed E-state index contributed by atoms with van der Waals surface area (Å²) in [5, 5.41) is 0.746. The second-order valence-corrected chi connectivity index (χ2v) is 9.92. The summed E-state index contributed by atoms with van der Waals surface area (Å²) >= 11 is 0. The minimum atomic E-state index is -3.32. The standard InChI is InChI=1S/C19H24N6O2S/c1-2-12-7-11(9-23-28(26,27)13-3-4-13)8-16(12)25-17-14-5-6-21-18(14)22-10-15(17)24-19(25)20/h5-6,9-13,16H,2-4,7-8H2,1H3,(H2,20,24)(H,21,22)/t11?,12-,16+/m1/s1. The number of nitrogens with zero attached hydrogens (tertiary/aromatic N) is 4. The van der Waals surface area contributed by atoms with Crippen LogP contribution in [-0.2, 0) is 10.0 Å². The maximum atomic E-state index is 12.1. The van der Waals surface area contributed by atoms with Gasteiger partial charge in [-0.15, -0.1) is 0 Å². The van der Waals surface area contributed by atoms with Gasteiger partial charge in [0.2, 0.25) is 5.95 Å². The van der Waals surface area contributed by atoms with Crippen molar-refractivity contribution in [1.29, 1.82) is 0 Å². The average Bonchev–Trinajstić information content (AvgIpc) is 3.16. The van der Waals surface area contributed by atoms with Crippen LogP contribution in [-0.4, -0.2) is 39.4 Å². The number of sulfonamides is 1. The van der Waals surface area contributed by atoms with Gasteiger partial charge in [-0.1, -0.05) is 13.3 Å². The first kappa shape index (κ1) is 17.7. The summed E-state index contributed by atoms with van der Waals surface area (Å²) in [6.45, 7) is 2.17. The highest BCUT2D eigenvalue weighted by molar-refractivity contribution is 7.91. The van der Waals surface area contributed by atoms with Gasteiger partial charge in [0.1, 0.15) is 11.2 Å². The number of nitrogens with one attached hydrogen (secondary N) is 1. The number of hydrogen-bond acceptors (Lipinski definition) is 5. The smallest absolute Gasteiger partial charge is 0.255 e. The van der Waals surface area contributed by atoms with Gasteiger partial charge in [-0.2, -0.15) is 4.40 Å². The number of fused-ring (bicyclic) bond motifs is 3. The number of anilines is 1. The number of pyridine rings is 1. The molecule has 3 N–H and O–H groups in total. The van der Waals surface area contributed by atoms with Crippen LogP contribution < -0.4 is 5.73 Å². The van der Waals surface area contributed by atoms with Crippen molar-refractivity contribution in [2.45, 2.75) is 50.3 Å². The van der Waals surface area contributed by atoms with Crippen molar-refractivity contribution in [3.05, 3.63) is 18.5 Å². The Kier molecular flexibility index (Phi) is 3.97. The quantitative estimate of drug-likeness (QED) is 0.638. The Hall–Kier alpha value is -2.42. The third kappa shape index (κ3) is 2.80. The molecule has 0 spiro atoms. The molecule has 3 atom stereocenters. The predicted octanol–water partition coefficient (Wildman–Crippen LogP) is 3.04. The van der Waals surface area contributed by atoms with Crippen LogP contribution in [0.4, 0.5) is 5.95 Å². The first-order chi connectivity index (χ1) is 13.5. The molecule has 0 radical (unpaired) electrons. The summed E-state index contributed by atoms with van der Waals surface area (Å²) in [5.41, 5.74) is 8.92. The van der Waals surface area contributed by atoms with Crippen molar-refractivity contribution in [2.75, 3.05) is 5.73 Å². The highest BCUT2D eigenvalue weighted by atomic mass is 32.2. The first-order valence-electron chi connectivity index (χ1n) is 9.86. The first-order valence-corrected chi connectivity index (χ1v) is 11.4. The molecule has 3 heterocycles. The Labute approximate surface area is 163 Å². The van der Waals surface area contributed by atoms with Gasteiger partial charge < -0.3 is 15.3 Å². The van der Waals surface area contributed by atoms with Gasteiger partial charge in [0.15, 0.2) is 0 Å². The van der Waals surface area contributed by atoms with Crippen LogP contribution in [0.2, 0.25) is 0 Å². The Bertz CT molecular complexity index is 1170. The second-order valence-electron chi connectivity index (χ2n) is 8.01. The van der Waals surface area contributed by atoms with E-state index in [2.05, 4.69) is 30.8 Å². The number of H-pyrrole nitrogens is 1. The molecule has 0 saturated heterocycles. The molecule has 1 unspecified atom stereocenters. The van der Waals surface area contributed by atoms with Crippen molar-refractivity contribution in [3.8, 4) is 0 Å². The van der Waals surface area contributed by atoms with Crippen molar-refractivity contribution in [1.82, 2.24) is 19.5 Å². The van der Waals surface area contributed by atoms with Crippen LogP contribution in [0, 0.1) is 11.8 Å². The molecule has 5 rings (SSSR count). The van der Waals surface area contributed by atoms with Gasteiger partial charge in [-0.25, -0.2) is 18.4 Å². The van der Waals surface area contributed by atoms with E-state index in [1.165, 1.54) is 0 Å². The highest BCUT2D eigenvalue weighted by Gasteiger charge is 2.38. The Morgan fingerprint density at radius 1 is 1.39 bits per heavy atom. The molecule has 2 aliphatic rings. The minimum absolute atomic E-state index is 0.129.